The van der Waals surface area contributed by atoms with E-state index in [1.54, 1.807) is 6.07 Å². The van der Waals surface area contributed by atoms with Gasteiger partial charge >= 0.3 is 8.80 Å². The van der Waals surface area contributed by atoms with Crippen LogP contribution in [0.25, 0.3) is 11.1 Å². The van der Waals surface area contributed by atoms with Crippen molar-refractivity contribution < 1.29 is 18.4 Å². The largest absolute Gasteiger partial charge is 0.508 e. The second kappa shape index (κ2) is 15.3. The Morgan fingerprint density at radius 3 is 1.94 bits per heavy atom. The number of hydrogen-bond donors (Lipinski definition) is 1. The maximum absolute atomic E-state index is 10.1. The second-order valence-corrected chi connectivity index (χ2v) is 11.3. The molecule has 0 amide bonds. The molecule has 2 aromatic carbocycles. The van der Waals surface area contributed by atoms with E-state index in [0.29, 0.717) is 25.6 Å². The lowest BCUT2D eigenvalue weighted by Crippen LogP contribution is -2.46. The molecule has 4 nitrogen and oxygen atoms in total. The molecule has 0 aliphatic heterocycles. The van der Waals surface area contributed by atoms with Crippen LogP contribution in [0.2, 0.25) is 6.04 Å². The highest BCUT2D eigenvalue weighted by Crippen LogP contribution is 2.30. The van der Waals surface area contributed by atoms with Crippen LogP contribution in [0.15, 0.2) is 42.5 Å². The monoisotopic (exact) mass is 472 g/mol. The van der Waals surface area contributed by atoms with Crippen LogP contribution in [0.3, 0.4) is 0 Å². The summed E-state index contributed by atoms with van der Waals surface area (Å²) in [6.07, 6.45) is 9.41. The minimum Gasteiger partial charge on any atom is -0.508 e. The predicted molar refractivity (Wildman–Crippen MR) is 140 cm³/mol. The van der Waals surface area contributed by atoms with Crippen LogP contribution in [-0.4, -0.2) is 33.7 Å². The zero-order valence-corrected chi connectivity index (χ0v) is 22.2. The molecule has 0 atom stereocenters. The molecule has 184 valence electrons. The number of benzene rings is 2. The van der Waals surface area contributed by atoms with Crippen LogP contribution in [0.4, 0.5) is 0 Å². The van der Waals surface area contributed by atoms with E-state index < -0.39 is 8.80 Å². The van der Waals surface area contributed by atoms with E-state index in [9.17, 15) is 5.11 Å². The second-order valence-electron chi connectivity index (χ2n) is 8.54. The molecule has 1 N–H and O–H groups in total. The zero-order valence-electron chi connectivity index (χ0n) is 21.2. The summed E-state index contributed by atoms with van der Waals surface area (Å²) in [5, 5.41) is 10.1. The summed E-state index contributed by atoms with van der Waals surface area (Å²) < 4.78 is 18.0. The summed E-state index contributed by atoms with van der Waals surface area (Å²) in [6, 6.07) is 15.4. The molecule has 33 heavy (non-hydrogen) atoms. The molecule has 0 heterocycles. The third kappa shape index (κ3) is 9.24. The van der Waals surface area contributed by atoms with Gasteiger partial charge < -0.3 is 18.4 Å². The molecule has 0 bridgehead atoms. The average molecular weight is 473 g/mol. The predicted octanol–water partition coefficient (Wildman–Crippen LogP) is 7.55. The van der Waals surface area contributed by atoms with E-state index in [2.05, 4.69) is 31.2 Å². The smallest absolute Gasteiger partial charge is 0.500 e. The highest BCUT2D eigenvalue weighted by atomic mass is 28.4. The Morgan fingerprint density at radius 1 is 0.697 bits per heavy atom. The number of phenols is 1. The first-order valence-electron chi connectivity index (χ1n) is 12.9. The van der Waals surface area contributed by atoms with E-state index in [-0.39, 0.29) is 0 Å². The first-order chi connectivity index (χ1) is 16.1. The van der Waals surface area contributed by atoms with E-state index in [0.717, 1.165) is 30.9 Å². The van der Waals surface area contributed by atoms with Gasteiger partial charge in [-0.3, -0.25) is 0 Å². The summed E-state index contributed by atoms with van der Waals surface area (Å²) in [7, 11) is -2.65. The van der Waals surface area contributed by atoms with Crippen molar-refractivity contribution in [3.63, 3.8) is 0 Å². The number of rotatable bonds is 17. The van der Waals surface area contributed by atoms with Crippen LogP contribution in [0.5, 0.6) is 5.75 Å². The van der Waals surface area contributed by atoms with Crippen molar-refractivity contribution in [1.82, 2.24) is 0 Å². The van der Waals surface area contributed by atoms with Crippen molar-refractivity contribution in [2.75, 3.05) is 19.8 Å². The maximum Gasteiger partial charge on any atom is 0.500 e. The Hall–Kier alpha value is -1.66. The van der Waals surface area contributed by atoms with Gasteiger partial charge in [-0.2, -0.15) is 0 Å². The fourth-order valence-electron chi connectivity index (χ4n) is 4.35. The lowest BCUT2D eigenvalue weighted by atomic mass is 9.95. The first-order valence-corrected chi connectivity index (χ1v) is 14.8. The highest BCUT2D eigenvalue weighted by Gasteiger charge is 2.39. The Bertz CT molecular complexity index is 774. The van der Waals surface area contributed by atoms with Gasteiger partial charge in [-0.05, 0) is 80.8 Å². The maximum atomic E-state index is 10.1. The van der Waals surface area contributed by atoms with Crippen LogP contribution < -0.4 is 0 Å². The van der Waals surface area contributed by atoms with Gasteiger partial charge in [-0.25, -0.2) is 0 Å². The highest BCUT2D eigenvalue weighted by molar-refractivity contribution is 6.60. The first kappa shape index (κ1) is 27.6. The van der Waals surface area contributed by atoms with E-state index in [4.69, 9.17) is 13.3 Å². The number of unbranched alkanes of at least 4 members (excludes halogenated alkanes) is 4. The van der Waals surface area contributed by atoms with Gasteiger partial charge in [-0.1, -0.05) is 62.9 Å². The quantitative estimate of drug-likeness (QED) is 0.191. The fraction of sp³-hybridized carbons (Fsp3) is 0.571. The molecular weight excluding hydrogens is 428 g/mol. The van der Waals surface area contributed by atoms with Crippen LogP contribution in [-0.2, 0) is 26.1 Å². The number of phenolic OH excluding ortho intramolecular Hbond substituents is 1. The molecule has 0 saturated carbocycles. The van der Waals surface area contributed by atoms with Crippen molar-refractivity contribution in [2.24, 2.45) is 0 Å². The van der Waals surface area contributed by atoms with Crippen LogP contribution >= 0.6 is 0 Å². The zero-order chi connectivity index (χ0) is 23.9. The average Bonchev–Trinajstić information content (AvgIpc) is 2.80. The molecule has 0 unspecified atom stereocenters. The van der Waals surface area contributed by atoms with Crippen molar-refractivity contribution in [3.05, 3.63) is 53.6 Å². The van der Waals surface area contributed by atoms with Crippen molar-refractivity contribution in [1.29, 1.82) is 0 Å². The summed E-state index contributed by atoms with van der Waals surface area (Å²) in [5.74, 6) is 0.306. The van der Waals surface area contributed by atoms with E-state index in [1.165, 1.54) is 48.8 Å². The minimum atomic E-state index is -2.65. The number of hydrogen-bond acceptors (Lipinski definition) is 4. The third-order valence-corrected chi connectivity index (χ3v) is 9.10. The molecule has 2 aromatic rings. The Kier molecular flexibility index (Phi) is 12.8. The van der Waals surface area contributed by atoms with Crippen molar-refractivity contribution in [2.45, 2.75) is 85.1 Å². The van der Waals surface area contributed by atoms with Crippen molar-refractivity contribution in [3.8, 4) is 16.9 Å². The molecule has 5 heteroatoms. The number of aromatic hydroxyl groups is 1. The van der Waals surface area contributed by atoms with Crippen LogP contribution in [0.1, 0.15) is 77.3 Å². The molecule has 0 aliphatic rings. The normalized spacial score (nSPS) is 11.8. The molecule has 0 fully saturated rings. The lowest BCUT2D eigenvalue weighted by Gasteiger charge is -2.28. The standard InChI is InChI=1S/C28H44O4Si/c1-5-9-10-11-12-14-24-16-18-25(19-17-24)28-21-20-27(29)23-26(28)15-13-22-33(30-6-2,31-7-3)32-8-4/h16-21,23,29H,5-15,22H2,1-4H3. The summed E-state index contributed by atoms with van der Waals surface area (Å²) in [6.45, 7) is 10.00. The Morgan fingerprint density at radius 2 is 1.33 bits per heavy atom. The molecule has 0 aromatic heterocycles. The van der Waals surface area contributed by atoms with Crippen molar-refractivity contribution >= 4 is 8.80 Å². The number of aryl methyl sites for hydroxylation is 2. The van der Waals surface area contributed by atoms with Gasteiger partial charge in [0.2, 0.25) is 0 Å². The SMILES string of the molecule is CCCCCCCc1ccc(-c2ccc(O)cc2CCC[Si](OCC)(OCC)OCC)cc1. The fourth-order valence-corrected chi connectivity index (χ4v) is 6.96. The summed E-state index contributed by atoms with van der Waals surface area (Å²) in [5.41, 5.74) is 4.92. The summed E-state index contributed by atoms with van der Waals surface area (Å²) in [4.78, 5) is 0. The molecule has 0 aliphatic carbocycles. The topological polar surface area (TPSA) is 47.9 Å². The molecule has 2 rings (SSSR count). The third-order valence-electron chi connectivity index (χ3n) is 5.94. The van der Waals surface area contributed by atoms with Gasteiger partial charge in [0.1, 0.15) is 5.75 Å². The molecular formula is C28H44O4Si. The summed E-state index contributed by atoms with van der Waals surface area (Å²) >= 11 is 0. The minimum absolute atomic E-state index is 0.306. The van der Waals surface area contributed by atoms with Gasteiger partial charge in [0, 0.05) is 25.9 Å². The molecule has 0 saturated heterocycles. The van der Waals surface area contributed by atoms with Gasteiger partial charge in [-0.15, -0.1) is 0 Å². The Balaban J connectivity index is 2.06. The van der Waals surface area contributed by atoms with Gasteiger partial charge in [0.05, 0.1) is 0 Å². The molecule has 0 radical (unpaired) electrons. The van der Waals surface area contributed by atoms with Gasteiger partial charge in [0.15, 0.2) is 0 Å². The van der Waals surface area contributed by atoms with E-state index >= 15 is 0 Å². The lowest BCUT2D eigenvalue weighted by molar-refractivity contribution is 0.0708. The van der Waals surface area contributed by atoms with E-state index in [1.807, 2.05) is 32.9 Å². The molecule has 0 spiro atoms. The Labute approximate surface area is 202 Å². The van der Waals surface area contributed by atoms with Crippen LogP contribution in [0, 0.1) is 0 Å². The van der Waals surface area contributed by atoms with Gasteiger partial charge in [0.25, 0.3) is 0 Å².